The van der Waals surface area contributed by atoms with E-state index in [1.807, 2.05) is 12.1 Å². The summed E-state index contributed by atoms with van der Waals surface area (Å²) in [5.74, 6) is 0.955. The quantitative estimate of drug-likeness (QED) is 0.814. The number of nitrogens with zero attached hydrogens (tertiary/aromatic N) is 2. The maximum Gasteiger partial charge on any atom is 0.261 e. The van der Waals surface area contributed by atoms with Gasteiger partial charge in [0.25, 0.3) is 9.05 Å². The molecule has 1 aromatic heterocycles. The molecule has 110 valence electrons. The number of benzene rings is 1. The fourth-order valence-corrected chi connectivity index (χ4v) is 3.37. The lowest BCUT2D eigenvalue weighted by molar-refractivity contribution is 0.609. The highest BCUT2D eigenvalue weighted by Crippen LogP contribution is 2.31. The van der Waals surface area contributed by atoms with Gasteiger partial charge in [-0.15, -0.1) is 0 Å². The van der Waals surface area contributed by atoms with Crippen molar-refractivity contribution in [1.82, 2.24) is 4.98 Å². The molecule has 21 heavy (non-hydrogen) atoms. The Bertz CT molecular complexity index is 739. The van der Waals surface area contributed by atoms with E-state index >= 15 is 0 Å². The Morgan fingerprint density at radius 1 is 1.05 bits per heavy atom. The maximum absolute atomic E-state index is 11.3. The van der Waals surface area contributed by atoms with Crippen LogP contribution in [0.4, 0.5) is 5.82 Å². The highest BCUT2D eigenvalue weighted by molar-refractivity contribution is 8.13. The normalized spacial score (nSPS) is 15.4. The second kappa shape index (κ2) is 5.66. The first kappa shape index (κ1) is 14.4. The lowest BCUT2D eigenvalue weighted by Gasteiger charge is -2.19. The van der Waals surface area contributed by atoms with Gasteiger partial charge in [-0.1, -0.05) is 12.1 Å². The summed E-state index contributed by atoms with van der Waals surface area (Å²) >= 11 is 0. The summed E-state index contributed by atoms with van der Waals surface area (Å²) in [6.45, 7) is 2.02. The standard InChI is InChI=1S/C15H15ClN2O2S/c16-21(19,20)13-7-5-12(6-8-13)14-4-3-9-17-15(14)18-10-1-2-11-18/h3-9H,1-2,10-11H2. The van der Waals surface area contributed by atoms with Crippen LogP contribution in [0.2, 0.25) is 0 Å². The van der Waals surface area contributed by atoms with E-state index in [-0.39, 0.29) is 4.90 Å². The molecule has 2 heterocycles. The van der Waals surface area contributed by atoms with E-state index in [0.717, 1.165) is 30.0 Å². The number of rotatable bonds is 3. The first-order valence-corrected chi connectivity index (χ1v) is 9.12. The van der Waals surface area contributed by atoms with Crippen LogP contribution in [0.5, 0.6) is 0 Å². The van der Waals surface area contributed by atoms with Crippen LogP contribution in [0.3, 0.4) is 0 Å². The van der Waals surface area contributed by atoms with Gasteiger partial charge in [0.15, 0.2) is 0 Å². The molecular formula is C15H15ClN2O2S. The van der Waals surface area contributed by atoms with Crippen LogP contribution >= 0.6 is 10.7 Å². The average molecular weight is 323 g/mol. The second-order valence-corrected chi connectivity index (χ2v) is 7.60. The number of aromatic nitrogens is 1. The molecule has 0 N–H and O–H groups in total. The molecule has 4 nitrogen and oxygen atoms in total. The Hall–Kier alpha value is -1.59. The van der Waals surface area contributed by atoms with E-state index in [1.54, 1.807) is 18.3 Å². The van der Waals surface area contributed by atoms with E-state index < -0.39 is 9.05 Å². The maximum atomic E-state index is 11.3. The van der Waals surface area contributed by atoms with Crippen molar-refractivity contribution in [1.29, 1.82) is 0 Å². The Kier molecular flexibility index (Phi) is 3.87. The fourth-order valence-electron chi connectivity index (χ4n) is 2.60. The van der Waals surface area contributed by atoms with Gasteiger partial charge in [0.1, 0.15) is 5.82 Å². The highest BCUT2D eigenvalue weighted by atomic mass is 35.7. The van der Waals surface area contributed by atoms with Crippen molar-refractivity contribution in [2.75, 3.05) is 18.0 Å². The summed E-state index contributed by atoms with van der Waals surface area (Å²) in [6.07, 6.45) is 4.15. The van der Waals surface area contributed by atoms with E-state index in [9.17, 15) is 8.42 Å². The summed E-state index contributed by atoms with van der Waals surface area (Å²) in [5, 5.41) is 0. The predicted molar refractivity (Wildman–Crippen MR) is 84.2 cm³/mol. The van der Waals surface area contributed by atoms with Crippen molar-refractivity contribution in [3.63, 3.8) is 0 Å². The van der Waals surface area contributed by atoms with E-state index in [2.05, 4.69) is 9.88 Å². The molecular weight excluding hydrogens is 308 g/mol. The Morgan fingerprint density at radius 2 is 1.71 bits per heavy atom. The molecule has 6 heteroatoms. The van der Waals surface area contributed by atoms with Gasteiger partial charge >= 0.3 is 0 Å². The van der Waals surface area contributed by atoms with E-state index in [4.69, 9.17) is 10.7 Å². The first-order valence-electron chi connectivity index (χ1n) is 6.81. The van der Waals surface area contributed by atoms with Gasteiger partial charge in [-0.3, -0.25) is 0 Å². The molecule has 1 fully saturated rings. The van der Waals surface area contributed by atoms with E-state index in [0.29, 0.717) is 0 Å². The smallest absolute Gasteiger partial charge is 0.261 e. The van der Waals surface area contributed by atoms with Crippen molar-refractivity contribution in [3.05, 3.63) is 42.6 Å². The summed E-state index contributed by atoms with van der Waals surface area (Å²) < 4.78 is 22.6. The van der Waals surface area contributed by atoms with Crippen molar-refractivity contribution in [2.24, 2.45) is 0 Å². The van der Waals surface area contributed by atoms with Crippen molar-refractivity contribution < 1.29 is 8.42 Å². The van der Waals surface area contributed by atoms with Gasteiger partial charge in [0.05, 0.1) is 4.90 Å². The van der Waals surface area contributed by atoms with Crippen molar-refractivity contribution >= 4 is 25.6 Å². The van der Waals surface area contributed by atoms with Crippen LogP contribution in [-0.2, 0) is 9.05 Å². The SMILES string of the molecule is O=S(=O)(Cl)c1ccc(-c2cccnc2N2CCCC2)cc1. The number of hydrogen-bond donors (Lipinski definition) is 0. The minimum Gasteiger partial charge on any atom is -0.356 e. The number of halogens is 1. The number of anilines is 1. The first-order chi connectivity index (χ1) is 10.1. The molecule has 1 aromatic carbocycles. The molecule has 0 spiro atoms. The minimum absolute atomic E-state index is 0.111. The van der Waals surface area contributed by atoms with Gasteiger partial charge in [-0.25, -0.2) is 13.4 Å². The topological polar surface area (TPSA) is 50.3 Å². The molecule has 0 atom stereocenters. The summed E-state index contributed by atoms with van der Waals surface area (Å²) in [7, 11) is 1.66. The molecule has 0 aliphatic carbocycles. The molecule has 1 aliphatic rings. The fraction of sp³-hybridized carbons (Fsp3) is 0.267. The third-order valence-corrected chi connectivity index (χ3v) is 5.01. The van der Waals surface area contributed by atoms with Crippen LogP contribution in [-0.4, -0.2) is 26.5 Å². The summed E-state index contributed by atoms with van der Waals surface area (Å²) in [4.78, 5) is 6.87. The monoisotopic (exact) mass is 322 g/mol. The molecule has 0 saturated carbocycles. The van der Waals surface area contributed by atoms with Crippen LogP contribution in [0.25, 0.3) is 11.1 Å². The number of hydrogen-bond acceptors (Lipinski definition) is 4. The Morgan fingerprint density at radius 3 is 2.33 bits per heavy atom. The number of pyridine rings is 1. The molecule has 0 unspecified atom stereocenters. The molecule has 3 rings (SSSR count). The van der Waals surface area contributed by atoms with Gasteiger partial charge in [0, 0.05) is 35.5 Å². The van der Waals surface area contributed by atoms with Crippen LogP contribution in [0.15, 0.2) is 47.5 Å². The van der Waals surface area contributed by atoms with Crippen molar-refractivity contribution in [3.8, 4) is 11.1 Å². The van der Waals surface area contributed by atoms with Crippen LogP contribution in [0.1, 0.15) is 12.8 Å². The molecule has 0 radical (unpaired) electrons. The van der Waals surface area contributed by atoms with Crippen LogP contribution in [0, 0.1) is 0 Å². The molecule has 0 bridgehead atoms. The minimum atomic E-state index is -3.68. The third kappa shape index (κ3) is 3.04. The van der Waals surface area contributed by atoms with Gasteiger partial charge in [-0.2, -0.15) is 0 Å². The van der Waals surface area contributed by atoms with Gasteiger partial charge in [0.2, 0.25) is 0 Å². The zero-order valence-corrected chi connectivity index (χ0v) is 12.9. The highest BCUT2D eigenvalue weighted by Gasteiger charge is 2.18. The summed E-state index contributed by atoms with van der Waals surface area (Å²) in [5.41, 5.74) is 1.95. The Labute approximate surface area is 128 Å². The third-order valence-electron chi connectivity index (χ3n) is 3.64. The van der Waals surface area contributed by atoms with Gasteiger partial charge in [-0.05, 0) is 42.7 Å². The second-order valence-electron chi connectivity index (χ2n) is 5.03. The molecule has 0 amide bonds. The van der Waals surface area contributed by atoms with Gasteiger partial charge < -0.3 is 4.90 Å². The molecule has 2 aromatic rings. The summed E-state index contributed by atoms with van der Waals surface area (Å²) in [6, 6.07) is 10.5. The molecule has 1 saturated heterocycles. The Balaban J connectivity index is 2.00. The van der Waals surface area contributed by atoms with Crippen molar-refractivity contribution in [2.45, 2.75) is 17.7 Å². The molecule has 1 aliphatic heterocycles. The zero-order valence-electron chi connectivity index (χ0n) is 11.4. The predicted octanol–water partition coefficient (Wildman–Crippen LogP) is 3.28. The average Bonchev–Trinajstić information content (AvgIpc) is 3.01. The lowest BCUT2D eigenvalue weighted by Crippen LogP contribution is -2.19. The largest absolute Gasteiger partial charge is 0.356 e. The zero-order chi connectivity index (χ0) is 14.9. The van der Waals surface area contributed by atoms with E-state index in [1.165, 1.54) is 25.0 Å². The van der Waals surface area contributed by atoms with Crippen LogP contribution < -0.4 is 4.90 Å². The lowest BCUT2D eigenvalue weighted by atomic mass is 10.1.